The lowest BCUT2D eigenvalue weighted by Gasteiger charge is -2.14. The van der Waals surface area contributed by atoms with E-state index in [2.05, 4.69) is 17.2 Å². The number of aryl methyl sites for hydroxylation is 2. The number of aromatic nitrogens is 3. The number of carbonyl (C=O) groups excluding carboxylic acids is 1. The second kappa shape index (κ2) is 9.43. The fourth-order valence-electron chi connectivity index (χ4n) is 3.65. The summed E-state index contributed by atoms with van der Waals surface area (Å²) in [5, 5.41) is 2.82. The first-order valence-corrected chi connectivity index (χ1v) is 10.6. The van der Waals surface area contributed by atoms with Gasteiger partial charge in [0, 0.05) is 18.4 Å². The molecule has 0 radical (unpaired) electrons. The van der Waals surface area contributed by atoms with Gasteiger partial charge < -0.3 is 5.32 Å². The summed E-state index contributed by atoms with van der Waals surface area (Å²) in [6, 6.07) is 20.5. The third kappa shape index (κ3) is 4.51. The van der Waals surface area contributed by atoms with E-state index >= 15 is 0 Å². The van der Waals surface area contributed by atoms with Crippen LogP contribution in [0.5, 0.6) is 0 Å². The van der Waals surface area contributed by atoms with Crippen LogP contribution in [-0.2, 0) is 30.7 Å². The molecule has 0 unspecified atom stereocenters. The van der Waals surface area contributed by atoms with Crippen LogP contribution in [0.2, 0.25) is 0 Å². The molecule has 4 aromatic rings. The molecule has 0 spiro atoms. The number of nitrogens with one attached hydrogen (secondary N) is 1. The Bertz CT molecular complexity index is 1360. The summed E-state index contributed by atoms with van der Waals surface area (Å²) in [5.74, 6) is -0.352. The van der Waals surface area contributed by atoms with Gasteiger partial charge in [0.05, 0.1) is 5.52 Å². The zero-order valence-corrected chi connectivity index (χ0v) is 17.8. The molecule has 0 aliphatic heterocycles. The van der Waals surface area contributed by atoms with E-state index in [4.69, 9.17) is 0 Å². The lowest BCUT2D eigenvalue weighted by atomic mass is 10.1. The van der Waals surface area contributed by atoms with Gasteiger partial charge in [0.1, 0.15) is 6.54 Å². The molecule has 0 fully saturated rings. The van der Waals surface area contributed by atoms with Crippen molar-refractivity contribution in [3.05, 3.63) is 105 Å². The third-order valence-electron chi connectivity index (χ3n) is 5.40. The first-order chi connectivity index (χ1) is 15.6. The van der Waals surface area contributed by atoms with Crippen molar-refractivity contribution in [2.45, 2.75) is 32.9 Å². The minimum atomic E-state index is -0.525. The SMILES string of the molecule is CCc1ccc(NC(=O)Cn2c(=O)n(CCc3ccccc3)c(=O)c3ncccc32)cc1. The number of nitrogens with zero attached hydrogens (tertiary/aromatic N) is 3. The number of hydrogen-bond acceptors (Lipinski definition) is 4. The van der Waals surface area contributed by atoms with Gasteiger partial charge in [-0.3, -0.25) is 18.7 Å². The topological polar surface area (TPSA) is 86.0 Å². The van der Waals surface area contributed by atoms with Crippen LogP contribution in [0.25, 0.3) is 11.0 Å². The molecule has 0 aliphatic carbocycles. The lowest BCUT2D eigenvalue weighted by molar-refractivity contribution is -0.116. The Morgan fingerprint density at radius 3 is 2.38 bits per heavy atom. The van der Waals surface area contributed by atoms with Crippen LogP contribution in [0.3, 0.4) is 0 Å². The minimum absolute atomic E-state index is 0.167. The summed E-state index contributed by atoms with van der Waals surface area (Å²) in [4.78, 5) is 43.1. The maximum absolute atomic E-state index is 13.2. The van der Waals surface area contributed by atoms with Gasteiger partial charge in [-0.05, 0) is 48.2 Å². The highest BCUT2D eigenvalue weighted by atomic mass is 16.2. The van der Waals surface area contributed by atoms with E-state index in [0.29, 0.717) is 17.6 Å². The van der Waals surface area contributed by atoms with Crippen LogP contribution < -0.4 is 16.6 Å². The molecule has 32 heavy (non-hydrogen) atoms. The van der Waals surface area contributed by atoms with Crippen LogP contribution in [0.4, 0.5) is 5.69 Å². The van der Waals surface area contributed by atoms with Crippen molar-refractivity contribution in [3.8, 4) is 0 Å². The molecular formula is C25H24N4O3. The average Bonchev–Trinajstić information content (AvgIpc) is 2.83. The molecule has 2 aromatic carbocycles. The summed E-state index contributed by atoms with van der Waals surface area (Å²) < 4.78 is 2.47. The van der Waals surface area contributed by atoms with Crippen molar-refractivity contribution < 1.29 is 4.79 Å². The fraction of sp³-hybridized carbons (Fsp3) is 0.200. The molecular weight excluding hydrogens is 404 g/mol. The molecule has 1 N–H and O–H groups in total. The second-order valence-corrected chi connectivity index (χ2v) is 7.53. The van der Waals surface area contributed by atoms with Crippen LogP contribution in [-0.4, -0.2) is 20.0 Å². The van der Waals surface area contributed by atoms with Gasteiger partial charge in [-0.25, -0.2) is 9.78 Å². The number of hydrogen-bond donors (Lipinski definition) is 1. The minimum Gasteiger partial charge on any atom is -0.325 e. The molecule has 0 bridgehead atoms. The largest absolute Gasteiger partial charge is 0.332 e. The maximum Gasteiger partial charge on any atom is 0.332 e. The van der Waals surface area contributed by atoms with Gasteiger partial charge in [0.2, 0.25) is 5.91 Å². The summed E-state index contributed by atoms with van der Waals surface area (Å²) in [5.41, 5.74) is 2.37. The summed E-state index contributed by atoms with van der Waals surface area (Å²) in [6.07, 6.45) is 2.94. The predicted octanol–water partition coefficient (Wildman–Crippen LogP) is 3.00. The Labute approximate surface area is 185 Å². The van der Waals surface area contributed by atoms with E-state index in [-0.39, 0.29) is 24.5 Å². The molecule has 2 aromatic heterocycles. The van der Waals surface area contributed by atoms with Gasteiger partial charge in [0.15, 0.2) is 5.52 Å². The summed E-state index contributed by atoms with van der Waals surface area (Å²) in [7, 11) is 0. The van der Waals surface area contributed by atoms with E-state index in [1.807, 2.05) is 54.6 Å². The predicted molar refractivity (Wildman–Crippen MR) is 125 cm³/mol. The highest BCUT2D eigenvalue weighted by Crippen LogP contribution is 2.11. The highest BCUT2D eigenvalue weighted by Gasteiger charge is 2.16. The van der Waals surface area contributed by atoms with E-state index in [0.717, 1.165) is 16.6 Å². The van der Waals surface area contributed by atoms with E-state index in [9.17, 15) is 14.4 Å². The maximum atomic E-state index is 13.2. The molecule has 0 saturated heterocycles. The lowest BCUT2D eigenvalue weighted by Crippen LogP contribution is -2.42. The Hall–Kier alpha value is -4.00. The van der Waals surface area contributed by atoms with Crippen molar-refractivity contribution in [2.24, 2.45) is 0 Å². The average molecular weight is 428 g/mol. The van der Waals surface area contributed by atoms with Crippen LogP contribution in [0.15, 0.2) is 82.5 Å². The number of rotatable bonds is 7. The van der Waals surface area contributed by atoms with Gasteiger partial charge in [-0.1, -0.05) is 49.4 Å². The Balaban J connectivity index is 1.65. The zero-order valence-electron chi connectivity index (χ0n) is 17.8. The highest BCUT2D eigenvalue weighted by molar-refractivity contribution is 5.91. The van der Waals surface area contributed by atoms with Crippen LogP contribution >= 0.6 is 0 Å². The second-order valence-electron chi connectivity index (χ2n) is 7.53. The summed E-state index contributed by atoms with van der Waals surface area (Å²) in [6.45, 7) is 2.04. The van der Waals surface area contributed by atoms with E-state index in [1.165, 1.54) is 16.3 Å². The standard InChI is InChI=1S/C25H24N4O3/c1-2-18-10-12-20(13-11-18)27-22(30)17-29-21-9-6-15-26-23(21)24(31)28(25(29)32)16-14-19-7-4-3-5-8-19/h3-13,15H,2,14,16-17H2,1H3,(H,27,30). The Kier molecular flexibility index (Phi) is 6.26. The molecule has 7 nitrogen and oxygen atoms in total. The molecule has 1 amide bonds. The van der Waals surface area contributed by atoms with Crippen molar-refractivity contribution in [3.63, 3.8) is 0 Å². The fourth-order valence-corrected chi connectivity index (χ4v) is 3.65. The number of fused-ring (bicyclic) bond motifs is 1. The van der Waals surface area contributed by atoms with Crippen molar-refractivity contribution in [2.75, 3.05) is 5.32 Å². The molecule has 0 saturated carbocycles. The van der Waals surface area contributed by atoms with Crippen LogP contribution in [0, 0.1) is 0 Å². The molecule has 162 valence electrons. The number of carbonyl (C=O) groups is 1. The molecule has 0 aliphatic rings. The number of amides is 1. The molecule has 2 heterocycles. The van der Waals surface area contributed by atoms with Gasteiger partial charge in [-0.2, -0.15) is 0 Å². The number of pyridine rings is 1. The quantitative estimate of drug-likeness (QED) is 0.490. The monoisotopic (exact) mass is 428 g/mol. The molecule has 7 heteroatoms. The molecule has 0 atom stereocenters. The van der Waals surface area contributed by atoms with E-state index < -0.39 is 11.2 Å². The van der Waals surface area contributed by atoms with E-state index in [1.54, 1.807) is 12.1 Å². The summed E-state index contributed by atoms with van der Waals surface area (Å²) >= 11 is 0. The van der Waals surface area contributed by atoms with Gasteiger partial charge in [0.25, 0.3) is 5.56 Å². The number of anilines is 1. The van der Waals surface area contributed by atoms with Crippen molar-refractivity contribution in [1.82, 2.24) is 14.1 Å². The van der Waals surface area contributed by atoms with Gasteiger partial charge in [-0.15, -0.1) is 0 Å². The Morgan fingerprint density at radius 1 is 0.906 bits per heavy atom. The van der Waals surface area contributed by atoms with Gasteiger partial charge >= 0.3 is 5.69 Å². The van der Waals surface area contributed by atoms with Crippen molar-refractivity contribution >= 4 is 22.6 Å². The van der Waals surface area contributed by atoms with Crippen molar-refractivity contribution in [1.29, 1.82) is 0 Å². The molecule has 4 rings (SSSR count). The first kappa shape index (κ1) is 21.2. The Morgan fingerprint density at radius 2 is 1.66 bits per heavy atom. The number of benzene rings is 2. The third-order valence-corrected chi connectivity index (χ3v) is 5.40. The normalized spacial score (nSPS) is 10.9. The van der Waals surface area contributed by atoms with Crippen LogP contribution in [0.1, 0.15) is 18.1 Å². The smallest absolute Gasteiger partial charge is 0.325 e. The first-order valence-electron chi connectivity index (χ1n) is 10.6. The zero-order chi connectivity index (χ0) is 22.5.